The van der Waals surface area contributed by atoms with E-state index in [2.05, 4.69) is 5.32 Å². The fourth-order valence-corrected chi connectivity index (χ4v) is 1.36. The molecule has 0 unspecified atom stereocenters. The van der Waals surface area contributed by atoms with Crippen molar-refractivity contribution in [3.8, 4) is 0 Å². The van der Waals surface area contributed by atoms with Crippen LogP contribution >= 0.6 is 0 Å². The first-order valence-electron chi connectivity index (χ1n) is 5.39. The molecule has 0 heterocycles. The van der Waals surface area contributed by atoms with E-state index < -0.39 is 6.09 Å². The molecule has 0 saturated heterocycles. The highest BCUT2D eigenvalue weighted by Crippen LogP contribution is 2.15. The summed E-state index contributed by atoms with van der Waals surface area (Å²) in [6.45, 7) is 0.398. The molecule has 5 nitrogen and oxygen atoms in total. The average Bonchev–Trinajstić information content (AvgIpc) is 2.35. The molecule has 5 heteroatoms. The molecule has 0 atom stereocenters. The minimum absolute atomic E-state index is 0.00787. The van der Waals surface area contributed by atoms with Crippen LogP contribution in [0.2, 0.25) is 0 Å². The third-order valence-electron chi connectivity index (χ3n) is 2.15. The van der Waals surface area contributed by atoms with Crippen molar-refractivity contribution in [3.63, 3.8) is 0 Å². The van der Waals surface area contributed by atoms with Gasteiger partial charge in [0.05, 0.1) is 13.2 Å². The Morgan fingerprint density at radius 3 is 2.82 bits per heavy atom. The highest BCUT2D eigenvalue weighted by Gasteiger charge is 2.06. The van der Waals surface area contributed by atoms with Crippen LogP contribution in [-0.4, -0.2) is 38.1 Å². The molecule has 0 aliphatic carbocycles. The Morgan fingerprint density at radius 2 is 2.12 bits per heavy atom. The number of carbonyl (C=O) groups excluding carboxylic acids is 1. The number of anilines is 1. The zero-order valence-electron chi connectivity index (χ0n) is 9.81. The van der Waals surface area contributed by atoms with E-state index in [0.717, 1.165) is 5.56 Å². The number of benzene rings is 1. The molecule has 0 aliphatic heterocycles. The van der Waals surface area contributed by atoms with Gasteiger partial charge in [-0.05, 0) is 18.1 Å². The number of hydrogen-bond acceptors (Lipinski definition) is 4. The van der Waals surface area contributed by atoms with Crippen LogP contribution in [0.4, 0.5) is 10.5 Å². The van der Waals surface area contributed by atoms with E-state index in [1.807, 2.05) is 18.2 Å². The first-order chi connectivity index (χ1) is 8.27. The first-order valence-corrected chi connectivity index (χ1v) is 5.39. The number of hydrogen-bond donors (Lipinski definition) is 2. The van der Waals surface area contributed by atoms with E-state index in [1.165, 1.54) is 0 Å². The molecule has 0 aliphatic rings. The van der Waals surface area contributed by atoms with Gasteiger partial charge in [-0.15, -0.1) is 0 Å². The van der Waals surface area contributed by atoms with Crippen molar-refractivity contribution in [3.05, 3.63) is 29.8 Å². The molecule has 0 spiro atoms. The number of amides is 1. The third-order valence-corrected chi connectivity index (χ3v) is 2.15. The van der Waals surface area contributed by atoms with Crippen molar-refractivity contribution in [2.45, 2.75) is 6.42 Å². The summed E-state index contributed by atoms with van der Waals surface area (Å²) in [4.78, 5) is 11.3. The maximum atomic E-state index is 11.3. The number of carbonyl (C=O) groups is 1. The molecule has 1 aromatic rings. The fourth-order valence-electron chi connectivity index (χ4n) is 1.36. The van der Waals surface area contributed by atoms with Crippen LogP contribution < -0.4 is 5.32 Å². The summed E-state index contributed by atoms with van der Waals surface area (Å²) in [5.74, 6) is 0. The summed E-state index contributed by atoms with van der Waals surface area (Å²) >= 11 is 0. The maximum Gasteiger partial charge on any atom is 0.411 e. The Morgan fingerprint density at radius 1 is 1.35 bits per heavy atom. The Bertz CT molecular complexity index is 354. The molecule has 1 rings (SSSR count). The lowest BCUT2D eigenvalue weighted by Crippen LogP contribution is -2.17. The number of para-hydroxylation sites is 1. The van der Waals surface area contributed by atoms with Gasteiger partial charge < -0.3 is 14.6 Å². The fraction of sp³-hybridized carbons (Fsp3) is 0.417. The van der Waals surface area contributed by atoms with Crippen LogP contribution in [0.15, 0.2) is 24.3 Å². The number of methoxy groups -OCH3 is 1. The summed E-state index contributed by atoms with van der Waals surface area (Å²) in [6.07, 6.45) is 0.149. The lowest BCUT2D eigenvalue weighted by atomic mass is 10.1. The molecule has 0 radical (unpaired) electrons. The minimum Gasteiger partial charge on any atom is -0.447 e. The highest BCUT2D eigenvalue weighted by molar-refractivity contribution is 5.85. The topological polar surface area (TPSA) is 67.8 Å². The SMILES string of the molecule is COCCc1ccccc1NC(=O)OCCO. The Balaban J connectivity index is 2.59. The van der Waals surface area contributed by atoms with Crippen LogP contribution in [0.1, 0.15) is 5.56 Å². The quantitative estimate of drug-likeness (QED) is 0.787. The molecule has 0 bridgehead atoms. The summed E-state index contributed by atoms with van der Waals surface area (Å²) in [5.41, 5.74) is 1.68. The number of rotatable bonds is 6. The van der Waals surface area contributed by atoms with Crippen LogP contribution in [-0.2, 0) is 15.9 Å². The van der Waals surface area contributed by atoms with Gasteiger partial charge in [0, 0.05) is 12.8 Å². The maximum absolute atomic E-state index is 11.3. The Labute approximate surface area is 100 Å². The second-order valence-corrected chi connectivity index (χ2v) is 3.38. The Hall–Kier alpha value is -1.59. The minimum atomic E-state index is -0.566. The van der Waals surface area contributed by atoms with Crippen molar-refractivity contribution in [1.29, 1.82) is 0 Å². The normalized spacial score (nSPS) is 10.0. The second-order valence-electron chi connectivity index (χ2n) is 3.38. The lowest BCUT2D eigenvalue weighted by Gasteiger charge is -2.10. The number of aliphatic hydroxyl groups excluding tert-OH is 1. The molecule has 0 aromatic heterocycles. The summed E-state index contributed by atoms with van der Waals surface area (Å²) in [6, 6.07) is 7.44. The summed E-state index contributed by atoms with van der Waals surface area (Å²) in [7, 11) is 1.63. The molecule has 17 heavy (non-hydrogen) atoms. The second kappa shape index (κ2) is 7.65. The lowest BCUT2D eigenvalue weighted by molar-refractivity contribution is 0.131. The smallest absolute Gasteiger partial charge is 0.411 e. The molecule has 2 N–H and O–H groups in total. The van der Waals surface area contributed by atoms with Gasteiger partial charge in [0.1, 0.15) is 6.61 Å². The highest BCUT2D eigenvalue weighted by atomic mass is 16.6. The molecule has 0 saturated carbocycles. The van der Waals surface area contributed by atoms with Gasteiger partial charge in [0.15, 0.2) is 0 Å². The summed E-state index contributed by atoms with van der Waals surface area (Å²) in [5, 5.41) is 11.2. The number of nitrogens with one attached hydrogen (secondary N) is 1. The van der Waals surface area contributed by atoms with Crippen LogP contribution in [0.3, 0.4) is 0 Å². The van der Waals surface area contributed by atoms with Gasteiger partial charge in [-0.2, -0.15) is 0 Å². The largest absolute Gasteiger partial charge is 0.447 e. The van der Waals surface area contributed by atoms with E-state index in [4.69, 9.17) is 14.6 Å². The van der Waals surface area contributed by atoms with Crippen molar-refractivity contribution < 1.29 is 19.4 Å². The van der Waals surface area contributed by atoms with Crippen LogP contribution in [0, 0.1) is 0 Å². The third kappa shape index (κ3) is 4.84. The predicted octanol–water partition coefficient (Wildman–Crippen LogP) is 1.42. The van der Waals surface area contributed by atoms with Crippen molar-refractivity contribution >= 4 is 11.8 Å². The molecule has 1 aromatic carbocycles. The van der Waals surface area contributed by atoms with Crippen LogP contribution in [0.25, 0.3) is 0 Å². The molecule has 1 amide bonds. The molecular formula is C12H17NO4. The monoisotopic (exact) mass is 239 g/mol. The molecule has 94 valence electrons. The van der Waals surface area contributed by atoms with E-state index in [9.17, 15) is 4.79 Å². The van der Waals surface area contributed by atoms with Gasteiger partial charge in [0.2, 0.25) is 0 Å². The van der Waals surface area contributed by atoms with E-state index in [-0.39, 0.29) is 13.2 Å². The van der Waals surface area contributed by atoms with Crippen LogP contribution in [0.5, 0.6) is 0 Å². The summed E-state index contributed by atoms with van der Waals surface area (Å²) < 4.78 is 9.72. The van der Waals surface area contributed by atoms with E-state index in [1.54, 1.807) is 13.2 Å². The van der Waals surface area contributed by atoms with Gasteiger partial charge in [-0.3, -0.25) is 5.32 Å². The number of aliphatic hydroxyl groups is 1. The van der Waals surface area contributed by atoms with Gasteiger partial charge >= 0.3 is 6.09 Å². The first kappa shape index (κ1) is 13.5. The molecular weight excluding hydrogens is 222 g/mol. The van der Waals surface area contributed by atoms with E-state index in [0.29, 0.717) is 18.7 Å². The van der Waals surface area contributed by atoms with Gasteiger partial charge in [-0.1, -0.05) is 18.2 Å². The zero-order valence-corrected chi connectivity index (χ0v) is 9.81. The van der Waals surface area contributed by atoms with Gasteiger partial charge in [0.25, 0.3) is 0 Å². The number of ether oxygens (including phenoxy) is 2. The Kier molecular flexibility index (Phi) is 6.06. The van der Waals surface area contributed by atoms with Crippen molar-refractivity contribution in [2.24, 2.45) is 0 Å². The van der Waals surface area contributed by atoms with Crippen molar-refractivity contribution in [2.75, 3.05) is 32.2 Å². The predicted molar refractivity (Wildman–Crippen MR) is 64.1 cm³/mol. The standard InChI is InChI=1S/C12H17NO4/c1-16-8-6-10-4-2-3-5-11(10)13-12(15)17-9-7-14/h2-5,14H,6-9H2,1H3,(H,13,15). The van der Waals surface area contributed by atoms with Gasteiger partial charge in [-0.25, -0.2) is 4.79 Å². The molecule has 0 fully saturated rings. The average molecular weight is 239 g/mol. The van der Waals surface area contributed by atoms with E-state index >= 15 is 0 Å². The zero-order chi connectivity index (χ0) is 12.5. The van der Waals surface area contributed by atoms with Crippen molar-refractivity contribution in [1.82, 2.24) is 0 Å².